The Labute approximate surface area is 171 Å². The number of rotatable bonds is 3. The van der Waals surface area contributed by atoms with E-state index < -0.39 is 0 Å². The fourth-order valence-corrected chi connectivity index (χ4v) is 3.80. The Morgan fingerprint density at radius 3 is 2.37 bits per heavy atom. The molecule has 7 heteroatoms. The molecule has 0 saturated heterocycles. The fourth-order valence-electron chi connectivity index (χ4n) is 3.80. The van der Waals surface area contributed by atoms with E-state index in [4.69, 9.17) is 0 Å². The molecule has 4 aromatic heterocycles. The summed E-state index contributed by atoms with van der Waals surface area (Å²) in [6.45, 7) is 0. The number of pyridine rings is 2. The van der Waals surface area contributed by atoms with E-state index in [1.165, 1.54) is 0 Å². The molecule has 0 spiro atoms. The van der Waals surface area contributed by atoms with Crippen LogP contribution in [-0.4, -0.2) is 24.3 Å². The summed E-state index contributed by atoms with van der Waals surface area (Å²) in [7, 11) is 3.45. The van der Waals surface area contributed by atoms with Crippen molar-refractivity contribution in [1.82, 2.24) is 24.3 Å². The highest BCUT2D eigenvalue weighted by Crippen LogP contribution is 2.35. The first kappa shape index (κ1) is 17.9. The van der Waals surface area contributed by atoms with Crippen LogP contribution in [0.2, 0.25) is 0 Å². The Balaban J connectivity index is 1.86. The molecule has 0 fully saturated rings. The van der Waals surface area contributed by atoms with Crippen LogP contribution in [0.4, 0.5) is 0 Å². The van der Waals surface area contributed by atoms with Gasteiger partial charge in [-0.05, 0) is 17.2 Å². The molecule has 30 heavy (non-hydrogen) atoms. The smallest absolute Gasteiger partial charge is 0.274 e. The molecule has 148 valence electrons. The van der Waals surface area contributed by atoms with Crippen LogP contribution in [-0.2, 0) is 14.1 Å². The third kappa shape index (κ3) is 2.79. The summed E-state index contributed by atoms with van der Waals surface area (Å²) < 4.78 is 3.11. The third-order valence-electron chi connectivity index (χ3n) is 5.38. The minimum Gasteiger partial charge on any atom is -0.350 e. The van der Waals surface area contributed by atoms with E-state index in [1.807, 2.05) is 42.6 Å². The van der Waals surface area contributed by atoms with Crippen LogP contribution in [0.15, 0.2) is 76.8 Å². The zero-order valence-corrected chi connectivity index (χ0v) is 16.5. The van der Waals surface area contributed by atoms with Crippen molar-refractivity contribution in [2.45, 2.75) is 0 Å². The van der Waals surface area contributed by atoms with E-state index in [-0.39, 0.29) is 11.1 Å². The Morgan fingerprint density at radius 1 is 0.867 bits per heavy atom. The molecule has 5 aromatic rings. The maximum atomic E-state index is 12.8. The van der Waals surface area contributed by atoms with Gasteiger partial charge in [-0.3, -0.25) is 14.7 Å². The number of nitrogens with zero attached hydrogens (tertiary/aromatic N) is 3. The average molecular weight is 397 g/mol. The number of nitrogens with one attached hydrogen (secondary N) is 2. The largest absolute Gasteiger partial charge is 0.350 e. The minimum atomic E-state index is -0.131. The first-order valence-corrected chi connectivity index (χ1v) is 9.51. The Hall–Kier alpha value is -4.13. The average Bonchev–Trinajstić information content (AvgIpc) is 3.43. The standard InChI is InChI=1S/C23H19N5O2/c1-27-12-18(14-6-4-3-5-7-14)16(9-21(27)29)19-13-28(2)23(30)22-17(19)8-20(26-22)15-10-24-25-11-15/h3-13,26H,1-2H3,(H,24,25). The molecule has 0 saturated carbocycles. The van der Waals surface area contributed by atoms with Crippen molar-refractivity contribution in [2.24, 2.45) is 14.1 Å². The number of aromatic nitrogens is 5. The van der Waals surface area contributed by atoms with Crippen molar-refractivity contribution < 1.29 is 0 Å². The number of fused-ring (bicyclic) bond motifs is 1. The molecular formula is C23H19N5O2. The Kier molecular flexibility index (Phi) is 4.03. The molecule has 0 aliphatic carbocycles. The van der Waals surface area contributed by atoms with Crippen molar-refractivity contribution in [3.63, 3.8) is 0 Å². The van der Waals surface area contributed by atoms with E-state index >= 15 is 0 Å². The lowest BCUT2D eigenvalue weighted by atomic mass is 9.95. The molecule has 4 heterocycles. The van der Waals surface area contributed by atoms with Crippen molar-refractivity contribution in [2.75, 3.05) is 0 Å². The second-order valence-corrected chi connectivity index (χ2v) is 7.33. The van der Waals surface area contributed by atoms with Crippen molar-refractivity contribution in [3.8, 4) is 33.5 Å². The molecule has 0 aliphatic heterocycles. The highest BCUT2D eigenvalue weighted by atomic mass is 16.1. The summed E-state index contributed by atoms with van der Waals surface area (Å²) in [4.78, 5) is 28.6. The summed E-state index contributed by atoms with van der Waals surface area (Å²) in [6, 6.07) is 13.5. The topological polar surface area (TPSA) is 88.5 Å². The van der Waals surface area contributed by atoms with Crippen molar-refractivity contribution in [3.05, 3.63) is 88.0 Å². The van der Waals surface area contributed by atoms with Crippen LogP contribution in [0, 0.1) is 0 Å². The number of H-pyrrole nitrogens is 2. The van der Waals surface area contributed by atoms with Crippen LogP contribution in [0.3, 0.4) is 0 Å². The molecular weight excluding hydrogens is 378 g/mol. The van der Waals surface area contributed by atoms with Crippen molar-refractivity contribution >= 4 is 10.9 Å². The van der Waals surface area contributed by atoms with E-state index in [2.05, 4.69) is 15.2 Å². The first-order chi connectivity index (χ1) is 14.5. The van der Waals surface area contributed by atoms with Gasteiger partial charge >= 0.3 is 0 Å². The van der Waals surface area contributed by atoms with Gasteiger partial charge in [-0.1, -0.05) is 30.3 Å². The summed E-state index contributed by atoms with van der Waals surface area (Å²) >= 11 is 0. The molecule has 0 atom stereocenters. The van der Waals surface area contributed by atoms with Gasteiger partial charge in [0, 0.05) is 66.5 Å². The Morgan fingerprint density at radius 2 is 1.63 bits per heavy atom. The molecule has 1 aromatic carbocycles. The summed E-state index contributed by atoms with van der Waals surface area (Å²) in [5.41, 5.74) is 5.40. The number of hydrogen-bond donors (Lipinski definition) is 2. The number of aryl methyl sites for hydroxylation is 2. The van der Waals surface area contributed by atoms with Crippen LogP contribution >= 0.6 is 0 Å². The summed E-state index contributed by atoms with van der Waals surface area (Å²) in [6.07, 6.45) is 7.09. The highest BCUT2D eigenvalue weighted by Gasteiger charge is 2.17. The summed E-state index contributed by atoms with van der Waals surface area (Å²) in [5.74, 6) is 0. The van der Waals surface area contributed by atoms with Gasteiger partial charge in [0.1, 0.15) is 5.52 Å². The SMILES string of the molecule is Cn1cc(-c2ccccc2)c(-c2cn(C)c(=O)c3[nH]c(-c4cn[nH]c4)cc23)cc1=O. The summed E-state index contributed by atoms with van der Waals surface area (Å²) in [5, 5.41) is 7.55. The maximum absolute atomic E-state index is 12.8. The first-order valence-electron chi connectivity index (χ1n) is 9.51. The van der Waals surface area contributed by atoms with Gasteiger partial charge < -0.3 is 14.1 Å². The highest BCUT2D eigenvalue weighted by molar-refractivity contribution is 6.00. The van der Waals surface area contributed by atoms with Gasteiger partial charge in [0.2, 0.25) is 0 Å². The normalized spacial score (nSPS) is 11.3. The van der Waals surface area contributed by atoms with Crippen LogP contribution in [0.5, 0.6) is 0 Å². The fraction of sp³-hybridized carbons (Fsp3) is 0.0870. The maximum Gasteiger partial charge on any atom is 0.274 e. The molecule has 7 nitrogen and oxygen atoms in total. The number of aromatic amines is 2. The van der Waals surface area contributed by atoms with Gasteiger partial charge in [0.25, 0.3) is 11.1 Å². The van der Waals surface area contributed by atoms with E-state index in [9.17, 15) is 9.59 Å². The molecule has 0 amide bonds. The van der Waals surface area contributed by atoms with E-state index in [1.54, 1.807) is 47.9 Å². The number of benzene rings is 1. The number of hydrogen-bond acceptors (Lipinski definition) is 3. The van der Waals surface area contributed by atoms with Gasteiger partial charge in [-0.15, -0.1) is 0 Å². The van der Waals surface area contributed by atoms with Crippen molar-refractivity contribution in [1.29, 1.82) is 0 Å². The quantitative estimate of drug-likeness (QED) is 0.490. The monoisotopic (exact) mass is 397 g/mol. The predicted molar refractivity (Wildman–Crippen MR) is 117 cm³/mol. The van der Waals surface area contributed by atoms with Gasteiger partial charge in [0.05, 0.1) is 6.20 Å². The second kappa shape index (κ2) is 6.73. The third-order valence-corrected chi connectivity index (χ3v) is 5.38. The van der Waals surface area contributed by atoms with Gasteiger partial charge in [0.15, 0.2) is 0 Å². The molecule has 0 bridgehead atoms. The molecule has 2 N–H and O–H groups in total. The van der Waals surface area contributed by atoms with Gasteiger partial charge in [-0.2, -0.15) is 5.10 Å². The lowest BCUT2D eigenvalue weighted by Crippen LogP contribution is -2.18. The minimum absolute atomic E-state index is 0.114. The molecule has 0 radical (unpaired) electrons. The lowest BCUT2D eigenvalue weighted by molar-refractivity contribution is 0.860. The zero-order chi connectivity index (χ0) is 20.8. The molecule has 5 rings (SSSR count). The van der Waals surface area contributed by atoms with Crippen LogP contribution in [0.25, 0.3) is 44.4 Å². The molecule has 0 aliphatic rings. The molecule has 0 unspecified atom stereocenters. The van der Waals surface area contributed by atoms with Gasteiger partial charge in [-0.25, -0.2) is 0 Å². The lowest BCUT2D eigenvalue weighted by Gasteiger charge is -2.14. The van der Waals surface area contributed by atoms with E-state index in [0.717, 1.165) is 38.9 Å². The second-order valence-electron chi connectivity index (χ2n) is 7.33. The predicted octanol–water partition coefficient (Wildman–Crippen LogP) is 3.29. The Bertz CT molecular complexity index is 1490. The zero-order valence-electron chi connectivity index (χ0n) is 16.5. The van der Waals surface area contributed by atoms with Crippen LogP contribution < -0.4 is 11.1 Å². The van der Waals surface area contributed by atoms with E-state index in [0.29, 0.717) is 5.52 Å². The van der Waals surface area contributed by atoms with Crippen LogP contribution in [0.1, 0.15) is 0 Å².